The van der Waals surface area contributed by atoms with Crippen molar-refractivity contribution in [1.82, 2.24) is 4.31 Å². The molecule has 0 radical (unpaired) electrons. The third-order valence-electron chi connectivity index (χ3n) is 3.70. The number of phenols is 1. The van der Waals surface area contributed by atoms with Crippen molar-refractivity contribution >= 4 is 15.7 Å². The minimum absolute atomic E-state index is 0.0790. The van der Waals surface area contributed by atoms with Gasteiger partial charge in [0.25, 0.3) is 0 Å². The van der Waals surface area contributed by atoms with Crippen LogP contribution < -0.4 is 5.73 Å². The Hall–Kier alpha value is -1.27. The van der Waals surface area contributed by atoms with Crippen molar-refractivity contribution in [3.63, 3.8) is 0 Å². The molecule has 0 aliphatic heterocycles. The first kappa shape index (κ1) is 14.1. The molecule has 0 aromatic heterocycles. The standard InChI is InChI=1S/C13H20N2O3S/c1-15(9-10-4-2-3-5-10)19(17,18)11-6-7-13(16)12(14)8-11/h6-8,10,16H,2-5,9,14H2,1H3. The lowest BCUT2D eigenvalue weighted by molar-refractivity contribution is 0.387. The Morgan fingerprint density at radius 2 is 2.00 bits per heavy atom. The lowest BCUT2D eigenvalue weighted by Gasteiger charge is -2.21. The molecule has 5 nitrogen and oxygen atoms in total. The Balaban J connectivity index is 2.18. The summed E-state index contributed by atoms with van der Waals surface area (Å²) in [5.41, 5.74) is 5.63. The average Bonchev–Trinajstić information content (AvgIpc) is 2.85. The van der Waals surface area contributed by atoms with Crippen molar-refractivity contribution in [3.05, 3.63) is 18.2 Å². The normalized spacial score (nSPS) is 17.2. The van der Waals surface area contributed by atoms with Crippen molar-refractivity contribution in [2.45, 2.75) is 30.6 Å². The topological polar surface area (TPSA) is 83.6 Å². The van der Waals surface area contributed by atoms with Gasteiger partial charge in [-0.25, -0.2) is 12.7 Å². The van der Waals surface area contributed by atoms with E-state index in [2.05, 4.69) is 0 Å². The Bertz CT molecular complexity index is 551. The minimum Gasteiger partial charge on any atom is -0.506 e. The molecule has 0 bridgehead atoms. The molecule has 1 aliphatic rings. The lowest BCUT2D eigenvalue weighted by Crippen LogP contribution is -2.31. The first-order valence-electron chi connectivity index (χ1n) is 6.46. The molecule has 0 heterocycles. The molecule has 3 N–H and O–H groups in total. The fraction of sp³-hybridized carbons (Fsp3) is 0.538. The van der Waals surface area contributed by atoms with Gasteiger partial charge in [-0.15, -0.1) is 0 Å². The molecule has 1 aliphatic carbocycles. The Morgan fingerprint density at radius 1 is 1.37 bits per heavy atom. The van der Waals surface area contributed by atoms with Gasteiger partial charge in [0, 0.05) is 13.6 Å². The molecule has 1 aromatic rings. The van der Waals surface area contributed by atoms with Gasteiger partial charge in [-0.2, -0.15) is 0 Å². The van der Waals surface area contributed by atoms with Gasteiger partial charge in [0.2, 0.25) is 10.0 Å². The molecular weight excluding hydrogens is 264 g/mol. The number of hydrogen-bond acceptors (Lipinski definition) is 4. The predicted octanol–water partition coefficient (Wildman–Crippen LogP) is 1.79. The summed E-state index contributed by atoms with van der Waals surface area (Å²) in [6, 6.07) is 3.99. The third kappa shape index (κ3) is 3.01. The van der Waals surface area contributed by atoms with Gasteiger partial charge >= 0.3 is 0 Å². The van der Waals surface area contributed by atoms with Crippen LogP contribution in [0.1, 0.15) is 25.7 Å². The highest BCUT2D eigenvalue weighted by atomic mass is 32.2. The van der Waals surface area contributed by atoms with Gasteiger partial charge < -0.3 is 10.8 Å². The monoisotopic (exact) mass is 284 g/mol. The molecular formula is C13H20N2O3S. The molecule has 1 aromatic carbocycles. The number of nitrogens with two attached hydrogens (primary N) is 1. The number of benzene rings is 1. The number of hydrogen-bond donors (Lipinski definition) is 2. The molecule has 0 atom stereocenters. The largest absolute Gasteiger partial charge is 0.506 e. The molecule has 106 valence electrons. The molecule has 0 unspecified atom stereocenters. The van der Waals surface area contributed by atoms with Crippen LogP contribution in [0.2, 0.25) is 0 Å². The van der Waals surface area contributed by atoms with Crippen molar-refractivity contribution < 1.29 is 13.5 Å². The fourth-order valence-electron chi connectivity index (χ4n) is 2.53. The molecule has 1 fully saturated rings. The van der Waals surface area contributed by atoms with E-state index < -0.39 is 10.0 Å². The zero-order valence-electron chi connectivity index (χ0n) is 11.0. The number of rotatable bonds is 4. The number of anilines is 1. The molecule has 0 spiro atoms. The van der Waals surface area contributed by atoms with E-state index in [4.69, 9.17) is 5.73 Å². The summed E-state index contributed by atoms with van der Waals surface area (Å²) in [6.45, 7) is 0.545. The van der Waals surface area contributed by atoms with Gasteiger partial charge in [-0.05, 0) is 37.0 Å². The van der Waals surface area contributed by atoms with Crippen LogP contribution >= 0.6 is 0 Å². The lowest BCUT2D eigenvalue weighted by atomic mass is 10.1. The number of nitrogens with zero attached hydrogens (tertiary/aromatic N) is 1. The second kappa shape index (κ2) is 5.38. The zero-order valence-corrected chi connectivity index (χ0v) is 11.9. The molecule has 19 heavy (non-hydrogen) atoms. The van der Waals surface area contributed by atoms with Crippen molar-refractivity contribution in [3.8, 4) is 5.75 Å². The van der Waals surface area contributed by atoms with Crippen LogP contribution in [0.4, 0.5) is 5.69 Å². The first-order chi connectivity index (χ1) is 8.91. The maximum atomic E-state index is 12.4. The van der Waals surface area contributed by atoms with Crippen molar-refractivity contribution in [2.24, 2.45) is 5.92 Å². The highest BCUT2D eigenvalue weighted by Gasteiger charge is 2.25. The Labute approximate surface area is 114 Å². The Kier molecular flexibility index (Phi) is 4.01. The summed E-state index contributed by atoms with van der Waals surface area (Å²) < 4.78 is 26.1. The van der Waals surface area contributed by atoms with E-state index in [0.717, 1.165) is 12.8 Å². The summed E-state index contributed by atoms with van der Waals surface area (Å²) in [5, 5.41) is 9.34. The van der Waals surface area contributed by atoms with E-state index in [9.17, 15) is 13.5 Å². The SMILES string of the molecule is CN(CC1CCCC1)S(=O)(=O)c1ccc(O)c(N)c1. The van der Waals surface area contributed by atoms with Crippen molar-refractivity contribution in [2.75, 3.05) is 19.3 Å². The number of phenolic OH excluding ortho intramolecular Hbond substituents is 1. The van der Waals surface area contributed by atoms with Gasteiger partial charge in [-0.3, -0.25) is 0 Å². The van der Waals surface area contributed by atoms with Gasteiger partial charge in [0.1, 0.15) is 5.75 Å². The van der Waals surface area contributed by atoms with E-state index in [-0.39, 0.29) is 16.3 Å². The quantitative estimate of drug-likeness (QED) is 0.652. The van der Waals surface area contributed by atoms with Crippen LogP contribution in [0.25, 0.3) is 0 Å². The van der Waals surface area contributed by atoms with Gasteiger partial charge in [0.15, 0.2) is 0 Å². The smallest absolute Gasteiger partial charge is 0.242 e. The minimum atomic E-state index is -3.52. The maximum Gasteiger partial charge on any atom is 0.242 e. The molecule has 1 saturated carbocycles. The summed E-state index contributed by atoms with van der Waals surface area (Å²) in [4.78, 5) is 0.128. The summed E-state index contributed by atoms with van der Waals surface area (Å²) in [5.74, 6) is 0.353. The highest BCUT2D eigenvalue weighted by molar-refractivity contribution is 7.89. The van der Waals surface area contributed by atoms with E-state index in [1.165, 1.54) is 35.3 Å². The van der Waals surface area contributed by atoms with E-state index in [1.54, 1.807) is 7.05 Å². The average molecular weight is 284 g/mol. The van der Waals surface area contributed by atoms with E-state index in [1.807, 2.05) is 0 Å². The van der Waals surface area contributed by atoms with Crippen molar-refractivity contribution in [1.29, 1.82) is 0 Å². The number of nitrogen functional groups attached to an aromatic ring is 1. The maximum absolute atomic E-state index is 12.4. The summed E-state index contributed by atoms with van der Waals surface area (Å²) >= 11 is 0. The predicted molar refractivity (Wildman–Crippen MR) is 74.3 cm³/mol. The van der Waals surface area contributed by atoms with Crippen LogP contribution in [-0.2, 0) is 10.0 Å². The summed E-state index contributed by atoms with van der Waals surface area (Å²) in [6.07, 6.45) is 4.56. The zero-order chi connectivity index (χ0) is 14.0. The van der Waals surface area contributed by atoms with Crippen LogP contribution in [0.3, 0.4) is 0 Å². The molecule has 0 saturated heterocycles. The van der Waals surface area contributed by atoms with E-state index >= 15 is 0 Å². The molecule has 6 heteroatoms. The van der Waals surface area contributed by atoms with Crippen LogP contribution in [-0.4, -0.2) is 31.4 Å². The second-order valence-electron chi connectivity index (χ2n) is 5.16. The highest BCUT2D eigenvalue weighted by Crippen LogP contribution is 2.28. The van der Waals surface area contributed by atoms with Gasteiger partial charge in [-0.1, -0.05) is 12.8 Å². The first-order valence-corrected chi connectivity index (χ1v) is 7.90. The third-order valence-corrected chi connectivity index (χ3v) is 5.52. The number of aromatic hydroxyl groups is 1. The van der Waals surface area contributed by atoms with Crippen LogP contribution in [0.5, 0.6) is 5.75 Å². The van der Waals surface area contributed by atoms with E-state index in [0.29, 0.717) is 12.5 Å². The summed E-state index contributed by atoms with van der Waals surface area (Å²) in [7, 11) is -1.93. The Morgan fingerprint density at radius 3 is 2.58 bits per heavy atom. The molecule has 2 rings (SSSR count). The van der Waals surface area contributed by atoms with Gasteiger partial charge in [0.05, 0.1) is 10.6 Å². The number of sulfonamides is 1. The molecule has 0 amide bonds. The second-order valence-corrected chi connectivity index (χ2v) is 7.20. The van der Waals surface area contributed by atoms with Crippen LogP contribution in [0.15, 0.2) is 23.1 Å². The van der Waals surface area contributed by atoms with Crippen LogP contribution in [0, 0.1) is 5.92 Å². The fourth-order valence-corrected chi connectivity index (χ4v) is 3.81.